The van der Waals surface area contributed by atoms with Gasteiger partial charge in [-0.2, -0.15) is 13.2 Å². The summed E-state index contributed by atoms with van der Waals surface area (Å²) in [7, 11) is -4.05. The maximum Gasteiger partial charge on any atom is 0.389 e. The number of likely N-dealkylation sites (tertiary alicyclic amines) is 1. The zero-order valence-electron chi connectivity index (χ0n) is 22.2. The lowest BCUT2D eigenvalue weighted by Crippen LogP contribution is -2.56. The summed E-state index contributed by atoms with van der Waals surface area (Å²) in [5, 5.41) is 0. The van der Waals surface area contributed by atoms with E-state index in [9.17, 15) is 26.4 Å². The summed E-state index contributed by atoms with van der Waals surface area (Å²) in [5.41, 5.74) is 1.61. The Balaban J connectivity index is 1.53. The van der Waals surface area contributed by atoms with Crippen LogP contribution in [0.15, 0.2) is 53.4 Å². The quantitative estimate of drug-likeness (QED) is 0.358. The first-order chi connectivity index (χ1) is 17.7. The summed E-state index contributed by atoms with van der Waals surface area (Å²) in [6.07, 6.45) is -1.98. The van der Waals surface area contributed by atoms with Gasteiger partial charge in [0.25, 0.3) is 0 Å². The highest BCUT2D eigenvalue weighted by atomic mass is 32.2. The average Bonchev–Trinajstić information content (AvgIpc) is 3.68. The second-order valence-corrected chi connectivity index (χ2v) is 13.7. The maximum absolute atomic E-state index is 14.0. The fraction of sp³-hybridized carbons (Fsp3) is 0.552. The predicted octanol–water partition coefficient (Wildman–Crippen LogP) is 6.35. The fourth-order valence-electron chi connectivity index (χ4n) is 5.05. The molecule has 0 N–H and O–H groups in total. The molecule has 1 saturated carbocycles. The number of carbonyl (C=O) groups is 1. The van der Waals surface area contributed by atoms with Crippen LogP contribution in [0.3, 0.4) is 0 Å². The normalized spacial score (nSPS) is 18.8. The fourth-order valence-corrected chi connectivity index (χ4v) is 6.98. The van der Waals surface area contributed by atoms with Gasteiger partial charge in [-0.3, -0.25) is 4.79 Å². The molecule has 0 atom stereocenters. The first-order valence-corrected chi connectivity index (χ1v) is 14.7. The zero-order chi connectivity index (χ0) is 27.8. The number of halogens is 3. The van der Waals surface area contributed by atoms with Gasteiger partial charge in [0.05, 0.1) is 4.90 Å². The average molecular weight is 552 g/mol. The van der Waals surface area contributed by atoms with E-state index in [0.717, 1.165) is 29.5 Å². The monoisotopic (exact) mass is 551 g/mol. The van der Waals surface area contributed by atoms with Crippen molar-refractivity contribution in [2.24, 2.45) is 0 Å². The Morgan fingerprint density at radius 3 is 1.95 bits per heavy atom. The largest absolute Gasteiger partial charge is 0.459 e. The lowest BCUT2D eigenvalue weighted by atomic mass is 9.95. The highest BCUT2D eigenvalue weighted by molar-refractivity contribution is 7.93. The van der Waals surface area contributed by atoms with Gasteiger partial charge in [-0.05, 0) is 88.1 Å². The van der Waals surface area contributed by atoms with Crippen molar-refractivity contribution < 1.29 is 31.1 Å². The Morgan fingerprint density at radius 2 is 1.47 bits per heavy atom. The van der Waals surface area contributed by atoms with Gasteiger partial charge < -0.3 is 9.64 Å². The van der Waals surface area contributed by atoms with Crippen LogP contribution in [0, 0.1) is 0 Å². The molecule has 2 aromatic rings. The van der Waals surface area contributed by atoms with Crippen molar-refractivity contribution >= 4 is 15.8 Å². The molecule has 208 valence electrons. The molecule has 4 rings (SSSR count). The number of sulfone groups is 1. The van der Waals surface area contributed by atoms with E-state index >= 15 is 0 Å². The van der Waals surface area contributed by atoms with Crippen LogP contribution in [0.5, 0.6) is 0 Å². The molecule has 1 aliphatic carbocycles. The van der Waals surface area contributed by atoms with Crippen LogP contribution < -0.4 is 0 Å². The van der Waals surface area contributed by atoms with Gasteiger partial charge >= 0.3 is 12.1 Å². The Kier molecular flexibility index (Phi) is 8.01. The second kappa shape index (κ2) is 10.6. The standard InChI is InChI=1S/C29H36F3NO4S/c1-27(2,3)37-26(34)28(17-19-33(20-18-28)24-12-13-24)38(35,36)25-14-10-23(11-15-25)22-8-6-21(7-9-22)5-4-16-29(30,31)32/h6-11,14-15,24H,4-5,12-13,16-20H2,1-3H3. The number of rotatable bonds is 8. The van der Waals surface area contributed by atoms with E-state index in [2.05, 4.69) is 4.90 Å². The highest BCUT2D eigenvalue weighted by Gasteiger charge is 2.55. The van der Waals surface area contributed by atoms with Gasteiger partial charge in [0.15, 0.2) is 14.6 Å². The number of aryl methyl sites for hydroxylation is 1. The Labute approximate surface area is 223 Å². The van der Waals surface area contributed by atoms with Crippen LogP contribution in [-0.4, -0.2) is 54.9 Å². The van der Waals surface area contributed by atoms with Crippen molar-refractivity contribution in [3.05, 3.63) is 54.1 Å². The van der Waals surface area contributed by atoms with Crippen molar-refractivity contribution in [1.82, 2.24) is 4.90 Å². The van der Waals surface area contributed by atoms with E-state index < -0.39 is 38.8 Å². The smallest absolute Gasteiger partial charge is 0.389 e. The molecule has 1 aliphatic heterocycles. The van der Waals surface area contributed by atoms with E-state index in [4.69, 9.17) is 4.74 Å². The van der Waals surface area contributed by atoms with Crippen LogP contribution >= 0.6 is 0 Å². The molecule has 1 heterocycles. The SMILES string of the molecule is CC(C)(C)OC(=O)C1(S(=O)(=O)c2ccc(-c3ccc(CCCC(F)(F)F)cc3)cc2)CCN(C2CC2)CC1. The van der Waals surface area contributed by atoms with E-state index in [1.165, 1.54) is 12.1 Å². The molecule has 1 saturated heterocycles. The summed E-state index contributed by atoms with van der Waals surface area (Å²) in [4.78, 5) is 15.8. The van der Waals surface area contributed by atoms with E-state index in [0.29, 0.717) is 25.6 Å². The van der Waals surface area contributed by atoms with Crippen molar-refractivity contribution in [2.45, 2.75) is 93.2 Å². The molecule has 5 nitrogen and oxygen atoms in total. The lowest BCUT2D eigenvalue weighted by Gasteiger charge is -2.40. The minimum Gasteiger partial charge on any atom is -0.459 e. The molecule has 0 aromatic heterocycles. The molecule has 0 bridgehead atoms. The van der Waals surface area contributed by atoms with Gasteiger partial charge in [0, 0.05) is 25.6 Å². The van der Waals surface area contributed by atoms with Crippen LogP contribution in [0.4, 0.5) is 13.2 Å². The number of ether oxygens (including phenoxy) is 1. The molecule has 0 radical (unpaired) electrons. The topological polar surface area (TPSA) is 63.7 Å². The molecular formula is C29H36F3NO4S. The summed E-state index contributed by atoms with van der Waals surface area (Å²) in [5.74, 6) is -0.689. The molecule has 2 fully saturated rings. The van der Waals surface area contributed by atoms with Gasteiger partial charge in [-0.15, -0.1) is 0 Å². The Bertz CT molecular complexity index is 1220. The van der Waals surface area contributed by atoms with Crippen molar-refractivity contribution in [3.8, 4) is 11.1 Å². The van der Waals surface area contributed by atoms with Gasteiger partial charge in [-0.1, -0.05) is 36.4 Å². The third-order valence-electron chi connectivity index (χ3n) is 7.33. The number of hydrogen-bond acceptors (Lipinski definition) is 5. The number of alkyl halides is 3. The Morgan fingerprint density at radius 1 is 0.947 bits per heavy atom. The number of benzene rings is 2. The zero-order valence-corrected chi connectivity index (χ0v) is 23.0. The number of carbonyl (C=O) groups excluding carboxylic acids is 1. The third kappa shape index (κ3) is 6.60. The lowest BCUT2D eigenvalue weighted by molar-refractivity contribution is -0.159. The van der Waals surface area contributed by atoms with Crippen LogP contribution in [0.2, 0.25) is 0 Å². The molecular weight excluding hydrogens is 515 g/mol. The molecule has 0 spiro atoms. The van der Waals surface area contributed by atoms with Gasteiger partial charge in [0.1, 0.15) is 5.60 Å². The predicted molar refractivity (Wildman–Crippen MR) is 140 cm³/mol. The van der Waals surface area contributed by atoms with E-state index in [1.54, 1.807) is 45.0 Å². The minimum atomic E-state index is -4.15. The molecule has 2 aliphatic rings. The first-order valence-electron chi connectivity index (χ1n) is 13.2. The summed E-state index contributed by atoms with van der Waals surface area (Å²) in [6.45, 7) is 6.29. The summed E-state index contributed by atoms with van der Waals surface area (Å²) < 4.78 is 69.2. The first kappa shape index (κ1) is 28.6. The molecule has 0 amide bonds. The van der Waals surface area contributed by atoms with Crippen molar-refractivity contribution in [2.75, 3.05) is 13.1 Å². The maximum atomic E-state index is 14.0. The molecule has 38 heavy (non-hydrogen) atoms. The Hall–Kier alpha value is -2.39. The van der Waals surface area contributed by atoms with Gasteiger partial charge in [-0.25, -0.2) is 8.42 Å². The molecule has 0 unspecified atom stereocenters. The van der Waals surface area contributed by atoms with E-state index in [-0.39, 0.29) is 24.2 Å². The number of hydrogen-bond donors (Lipinski definition) is 0. The third-order valence-corrected chi connectivity index (χ3v) is 9.83. The highest BCUT2D eigenvalue weighted by Crippen LogP contribution is 2.41. The molecule has 2 aromatic carbocycles. The van der Waals surface area contributed by atoms with Crippen LogP contribution in [0.1, 0.15) is 64.9 Å². The summed E-state index contributed by atoms with van der Waals surface area (Å²) in [6, 6.07) is 14.2. The van der Waals surface area contributed by atoms with Crippen molar-refractivity contribution in [1.29, 1.82) is 0 Å². The van der Waals surface area contributed by atoms with Crippen molar-refractivity contribution in [3.63, 3.8) is 0 Å². The minimum absolute atomic E-state index is 0.0349. The number of nitrogens with zero attached hydrogens (tertiary/aromatic N) is 1. The van der Waals surface area contributed by atoms with Gasteiger partial charge in [0.2, 0.25) is 0 Å². The van der Waals surface area contributed by atoms with Crippen LogP contribution in [0.25, 0.3) is 11.1 Å². The van der Waals surface area contributed by atoms with E-state index in [1.807, 2.05) is 12.1 Å². The second-order valence-electron chi connectivity index (χ2n) is 11.5. The molecule has 9 heteroatoms. The van der Waals surface area contributed by atoms with Crippen LogP contribution in [-0.2, 0) is 25.8 Å². The summed E-state index contributed by atoms with van der Waals surface area (Å²) >= 11 is 0. The number of piperidine rings is 1. The number of esters is 1.